The Hall–Kier alpha value is -3.19. The molecule has 0 spiro atoms. The monoisotopic (exact) mass is 420 g/mol. The number of hydrogen-bond donors (Lipinski definition) is 1. The number of carbonyl (C=O) groups is 1. The van der Waals surface area contributed by atoms with Crippen molar-refractivity contribution in [1.82, 2.24) is 30.1 Å². The van der Waals surface area contributed by atoms with Crippen molar-refractivity contribution < 1.29 is 4.79 Å². The van der Waals surface area contributed by atoms with E-state index in [1.165, 1.54) is 11.3 Å². The zero-order chi connectivity index (χ0) is 20.5. The minimum absolute atomic E-state index is 0.153. The molecule has 1 amide bonds. The van der Waals surface area contributed by atoms with Crippen molar-refractivity contribution in [2.45, 2.75) is 32.4 Å². The summed E-state index contributed by atoms with van der Waals surface area (Å²) >= 11 is 6.17. The highest BCUT2D eigenvalue weighted by Gasteiger charge is 2.24. The summed E-state index contributed by atoms with van der Waals surface area (Å²) in [6.45, 7) is 1.91. The van der Waals surface area contributed by atoms with E-state index in [4.69, 9.17) is 11.6 Å². The summed E-state index contributed by atoms with van der Waals surface area (Å²) in [5.74, 6) is 0.754. The van der Waals surface area contributed by atoms with Crippen molar-refractivity contribution in [3.63, 3.8) is 0 Å². The number of amides is 1. The van der Waals surface area contributed by atoms with Crippen LogP contribution in [0.15, 0.2) is 48.5 Å². The molecular formula is C22H21ClN6O. The first kappa shape index (κ1) is 18.8. The van der Waals surface area contributed by atoms with Crippen LogP contribution in [0.25, 0.3) is 22.3 Å². The predicted molar refractivity (Wildman–Crippen MR) is 115 cm³/mol. The van der Waals surface area contributed by atoms with Gasteiger partial charge in [-0.25, -0.2) is 0 Å². The summed E-state index contributed by atoms with van der Waals surface area (Å²) < 4.78 is 0. The summed E-state index contributed by atoms with van der Waals surface area (Å²) in [4.78, 5) is 19.7. The van der Waals surface area contributed by atoms with Crippen molar-refractivity contribution in [2.75, 3.05) is 6.54 Å². The second-order valence-electron chi connectivity index (χ2n) is 7.52. The van der Waals surface area contributed by atoms with Crippen molar-refractivity contribution >= 4 is 28.4 Å². The molecule has 0 saturated heterocycles. The van der Waals surface area contributed by atoms with Gasteiger partial charge in [-0.05, 0) is 29.8 Å². The van der Waals surface area contributed by atoms with E-state index in [0.29, 0.717) is 36.8 Å². The van der Waals surface area contributed by atoms with Gasteiger partial charge in [-0.3, -0.25) is 4.79 Å². The van der Waals surface area contributed by atoms with Crippen LogP contribution in [0.2, 0.25) is 5.02 Å². The average Bonchev–Trinajstić information content (AvgIpc) is 3.38. The fourth-order valence-electron chi connectivity index (χ4n) is 3.97. The minimum Gasteiger partial charge on any atom is -0.358 e. The molecule has 8 heteroatoms. The molecule has 7 nitrogen and oxygen atoms in total. The molecule has 0 atom stereocenters. The molecule has 0 radical (unpaired) electrons. The molecule has 0 fully saturated rings. The summed E-state index contributed by atoms with van der Waals surface area (Å²) in [5, 5.41) is 14.4. The van der Waals surface area contributed by atoms with Gasteiger partial charge in [0, 0.05) is 58.7 Å². The van der Waals surface area contributed by atoms with Crippen molar-refractivity contribution in [2.24, 2.45) is 0 Å². The lowest BCUT2D eigenvalue weighted by Gasteiger charge is -2.27. The number of aryl methyl sites for hydroxylation is 1. The second kappa shape index (κ2) is 7.91. The number of halogens is 1. The highest BCUT2D eigenvalue weighted by molar-refractivity contribution is 6.31. The molecule has 5 rings (SSSR count). The SMILES string of the molecule is O=C(CCCn1nnc(-c2ccccc2)n1)N1CCc2[nH]c3ccc(Cl)cc3c2C1. The number of fused-ring (bicyclic) bond motifs is 3. The van der Waals surface area contributed by atoms with E-state index < -0.39 is 0 Å². The Morgan fingerprint density at radius 2 is 2.03 bits per heavy atom. The molecule has 152 valence electrons. The molecule has 0 bridgehead atoms. The number of hydrogen-bond acceptors (Lipinski definition) is 4. The largest absolute Gasteiger partial charge is 0.358 e. The second-order valence-corrected chi connectivity index (χ2v) is 7.95. The number of nitrogens with zero attached hydrogens (tertiary/aromatic N) is 5. The molecule has 2 aromatic heterocycles. The highest BCUT2D eigenvalue weighted by atomic mass is 35.5. The Morgan fingerprint density at radius 3 is 2.90 bits per heavy atom. The van der Waals surface area contributed by atoms with E-state index in [-0.39, 0.29) is 5.91 Å². The topological polar surface area (TPSA) is 79.7 Å². The predicted octanol–water partition coefficient (Wildman–Crippen LogP) is 3.84. The molecule has 0 aliphatic carbocycles. The fourth-order valence-corrected chi connectivity index (χ4v) is 4.14. The van der Waals surface area contributed by atoms with E-state index in [9.17, 15) is 4.79 Å². The normalized spacial score (nSPS) is 13.6. The van der Waals surface area contributed by atoms with Gasteiger partial charge in [0.05, 0.1) is 6.54 Å². The van der Waals surface area contributed by atoms with Gasteiger partial charge in [0.15, 0.2) is 0 Å². The quantitative estimate of drug-likeness (QED) is 0.532. The van der Waals surface area contributed by atoms with Crippen LogP contribution in [-0.4, -0.2) is 42.5 Å². The first-order valence-corrected chi connectivity index (χ1v) is 10.4. The number of nitrogens with one attached hydrogen (secondary N) is 1. The van der Waals surface area contributed by atoms with E-state index in [2.05, 4.69) is 20.4 Å². The molecule has 0 unspecified atom stereocenters. The maximum atomic E-state index is 12.8. The Kier molecular flexibility index (Phi) is 4.96. The van der Waals surface area contributed by atoms with Crippen LogP contribution >= 0.6 is 11.6 Å². The van der Waals surface area contributed by atoms with Crippen LogP contribution in [0, 0.1) is 0 Å². The molecule has 0 saturated carbocycles. The molecule has 3 heterocycles. The number of carbonyl (C=O) groups excluding carboxylic acids is 1. The maximum Gasteiger partial charge on any atom is 0.222 e. The van der Waals surface area contributed by atoms with Crippen LogP contribution in [0.3, 0.4) is 0 Å². The van der Waals surface area contributed by atoms with Gasteiger partial charge in [0.2, 0.25) is 11.7 Å². The molecular weight excluding hydrogens is 400 g/mol. The van der Waals surface area contributed by atoms with Gasteiger partial charge in [0.1, 0.15) is 0 Å². The summed E-state index contributed by atoms with van der Waals surface area (Å²) in [5.41, 5.74) is 4.39. The van der Waals surface area contributed by atoms with E-state index in [1.54, 1.807) is 4.80 Å². The number of aromatic nitrogens is 5. The van der Waals surface area contributed by atoms with Crippen LogP contribution in [0.1, 0.15) is 24.1 Å². The summed E-state index contributed by atoms with van der Waals surface area (Å²) in [6.07, 6.45) is 1.96. The third kappa shape index (κ3) is 3.68. The average molecular weight is 421 g/mol. The lowest BCUT2D eigenvalue weighted by Crippen LogP contribution is -2.35. The maximum absolute atomic E-state index is 12.8. The zero-order valence-corrected chi connectivity index (χ0v) is 17.1. The summed E-state index contributed by atoms with van der Waals surface area (Å²) in [6, 6.07) is 15.6. The van der Waals surface area contributed by atoms with Gasteiger partial charge in [-0.1, -0.05) is 41.9 Å². The van der Waals surface area contributed by atoms with Crippen LogP contribution in [-0.2, 0) is 24.3 Å². The summed E-state index contributed by atoms with van der Waals surface area (Å²) in [7, 11) is 0. The number of H-pyrrole nitrogens is 1. The lowest BCUT2D eigenvalue weighted by molar-refractivity contribution is -0.132. The fraction of sp³-hybridized carbons (Fsp3) is 0.273. The minimum atomic E-state index is 0.153. The number of rotatable bonds is 5. The van der Waals surface area contributed by atoms with Crippen molar-refractivity contribution in [3.8, 4) is 11.4 Å². The lowest BCUT2D eigenvalue weighted by atomic mass is 10.0. The van der Waals surface area contributed by atoms with Gasteiger partial charge in [-0.15, -0.1) is 10.2 Å². The molecule has 4 aromatic rings. The van der Waals surface area contributed by atoms with E-state index >= 15 is 0 Å². The van der Waals surface area contributed by atoms with Crippen molar-refractivity contribution in [1.29, 1.82) is 0 Å². The Morgan fingerprint density at radius 1 is 1.17 bits per heavy atom. The molecule has 30 heavy (non-hydrogen) atoms. The van der Waals surface area contributed by atoms with Crippen LogP contribution < -0.4 is 0 Å². The molecule has 1 aliphatic rings. The third-order valence-corrected chi connectivity index (χ3v) is 5.76. The molecule has 1 aliphatic heterocycles. The van der Waals surface area contributed by atoms with Crippen LogP contribution in [0.4, 0.5) is 0 Å². The van der Waals surface area contributed by atoms with Gasteiger partial charge in [0.25, 0.3) is 0 Å². The Bertz CT molecular complexity index is 1200. The third-order valence-electron chi connectivity index (χ3n) is 5.52. The van der Waals surface area contributed by atoms with E-state index in [1.807, 2.05) is 53.4 Å². The first-order chi connectivity index (χ1) is 14.7. The standard InChI is InChI=1S/C22H21ClN6O/c23-16-8-9-19-17(13-16)18-14-28(12-10-20(18)24-19)21(30)7-4-11-29-26-22(25-27-29)15-5-2-1-3-6-15/h1-3,5-6,8-9,13,24H,4,7,10-12,14H2. The molecule has 1 N–H and O–H groups in total. The van der Waals surface area contributed by atoms with Crippen molar-refractivity contribution in [3.05, 3.63) is 64.8 Å². The Balaban J connectivity index is 1.19. The van der Waals surface area contributed by atoms with Gasteiger partial charge in [-0.2, -0.15) is 4.80 Å². The smallest absolute Gasteiger partial charge is 0.222 e. The number of tetrazole rings is 1. The number of benzene rings is 2. The number of aromatic amines is 1. The molecule has 2 aromatic carbocycles. The Labute approximate surface area is 178 Å². The zero-order valence-electron chi connectivity index (χ0n) is 16.4. The van der Waals surface area contributed by atoms with Gasteiger partial charge < -0.3 is 9.88 Å². The van der Waals surface area contributed by atoms with Crippen LogP contribution in [0.5, 0.6) is 0 Å². The van der Waals surface area contributed by atoms with E-state index in [0.717, 1.165) is 29.4 Å². The van der Waals surface area contributed by atoms with Gasteiger partial charge >= 0.3 is 0 Å². The first-order valence-electron chi connectivity index (χ1n) is 10.1. The highest BCUT2D eigenvalue weighted by Crippen LogP contribution is 2.30.